The minimum atomic E-state index is -3.10. The van der Waals surface area contributed by atoms with Crippen LogP contribution in [0.25, 0.3) is 10.1 Å². The molecule has 25 heavy (non-hydrogen) atoms. The molecule has 0 unspecified atom stereocenters. The summed E-state index contributed by atoms with van der Waals surface area (Å²) in [6.45, 7) is 1.42. The second-order valence-corrected chi connectivity index (χ2v) is 9.26. The highest BCUT2D eigenvalue weighted by molar-refractivity contribution is 7.91. The molecule has 1 aromatic heterocycles. The Kier molecular flexibility index (Phi) is 4.79. The van der Waals surface area contributed by atoms with Crippen molar-refractivity contribution in [3.63, 3.8) is 0 Å². The van der Waals surface area contributed by atoms with Gasteiger partial charge in [0.05, 0.1) is 11.5 Å². The van der Waals surface area contributed by atoms with Crippen molar-refractivity contribution in [2.75, 3.05) is 11.5 Å². The van der Waals surface area contributed by atoms with Crippen molar-refractivity contribution in [3.05, 3.63) is 35.0 Å². The van der Waals surface area contributed by atoms with Gasteiger partial charge in [-0.1, -0.05) is 0 Å². The lowest BCUT2D eigenvalue weighted by molar-refractivity contribution is -0.129. The standard InChI is InChI=1S/C16H16FNO5S2/c1-9(15(19)18-12-4-5-25(21,22)8-12)23-16(20)14-7-10-6-11(17)2-3-13(10)24-14/h2-3,6-7,9,12H,4-5,8H2,1H3,(H,18,19)/t9-,12+/m0/s1. The van der Waals surface area contributed by atoms with E-state index in [0.29, 0.717) is 11.8 Å². The van der Waals surface area contributed by atoms with Crippen molar-refractivity contribution in [2.24, 2.45) is 0 Å². The first-order chi connectivity index (χ1) is 11.7. The first kappa shape index (κ1) is 17.8. The molecule has 0 aliphatic carbocycles. The van der Waals surface area contributed by atoms with Crippen LogP contribution in [0.3, 0.4) is 0 Å². The zero-order valence-electron chi connectivity index (χ0n) is 13.3. The molecule has 0 bridgehead atoms. The molecule has 1 fully saturated rings. The van der Waals surface area contributed by atoms with Gasteiger partial charge < -0.3 is 10.1 Å². The second kappa shape index (κ2) is 6.72. The van der Waals surface area contributed by atoms with Crippen LogP contribution < -0.4 is 5.32 Å². The van der Waals surface area contributed by atoms with Crippen molar-refractivity contribution in [1.82, 2.24) is 5.32 Å². The number of ether oxygens (including phenoxy) is 1. The minimum absolute atomic E-state index is 0.0461. The van der Waals surface area contributed by atoms with E-state index >= 15 is 0 Å². The van der Waals surface area contributed by atoms with Gasteiger partial charge >= 0.3 is 5.97 Å². The predicted octanol–water partition coefficient (Wildman–Crippen LogP) is 1.89. The zero-order chi connectivity index (χ0) is 18.2. The first-order valence-electron chi connectivity index (χ1n) is 7.64. The van der Waals surface area contributed by atoms with Gasteiger partial charge in [0.15, 0.2) is 15.9 Å². The highest BCUT2D eigenvalue weighted by Crippen LogP contribution is 2.27. The highest BCUT2D eigenvalue weighted by Gasteiger charge is 2.31. The summed E-state index contributed by atoms with van der Waals surface area (Å²) in [5.41, 5.74) is 0. The summed E-state index contributed by atoms with van der Waals surface area (Å²) < 4.78 is 41.9. The molecule has 2 atom stereocenters. The van der Waals surface area contributed by atoms with Crippen LogP contribution in [0.2, 0.25) is 0 Å². The fourth-order valence-electron chi connectivity index (χ4n) is 2.61. The molecule has 1 aromatic carbocycles. The van der Waals surface area contributed by atoms with Crippen molar-refractivity contribution < 1.29 is 27.1 Å². The Balaban J connectivity index is 1.62. The van der Waals surface area contributed by atoms with Gasteiger partial charge in [-0.3, -0.25) is 4.79 Å². The Morgan fingerprint density at radius 1 is 1.36 bits per heavy atom. The van der Waals surface area contributed by atoms with E-state index in [0.717, 1.165) is 16.0 Å². The van der Waals surface area contributed by atoms with Crippen LogP contribution in [0.15, 0.2) is 24.3 Å². The van der Waals surface area contributed by atoms with E-state index < -0.39 is 39.7 Å². The number of fused-ring (bicyclic) bond motifs is 1. The number of carbonyl (C=O) groups excluding carboxylic acids is 2. The molecular formula is C16H16FNO5S2. The third-order valence-electron chi connectivity index (χ3n) is 3.91. The number of hydrogen-bond donors (Lipinski definition) is 1. The number of benzene rings is 1. The van der Waals surface area contributed by atoms with Gasteiger partial charge in [0.1, 0.15) is 10.7 Å². The molecule has 1 N–H and O–H groups in total. The fourth-order valence-corrected chi connectivity index (χ4v) is 5.21. The van der Waals surface area contributed by atoms with Gasteiger partial charge in [0.2, 0.25) is 0 Å². The largest absolute Gasteiger partial charge is 0.448 e. The zero-order valence-corrected chi connectivity index (χ0v) is 15.0. The number of sulfone groups is 1. The number of rotatable bonds is 4. The van der Waals surface area contributed by atoms with Crippen molar-refractivity contribution in [3.8, 4) is 0 Å². The third kappa shape index (κ3) is 4.16. The van der Waals surface area contributed by atoms with Crippen LogP contribution in [0.5, 0.6) is 0 Å². The summed E-state index contributed by atoms with van der Waals surface area (Å²) in [4.78, 5) is 24.5. The average molecular weight is 385 g/mol. The topological polar surface area (TPSA) is 89.5 Å². The predicted molar refractivity (Wildman–Crippen MR) is 91.9 cm³/mol. The highest BCUT2D eigenvalue weighted by atomic mass is 32.2. The molecule has 6 nitrogen and oxygen atoms in total. The van der Waals surface area contributed by atoms with Gasteiger partial charge in [0.25, 0.3) is 5.91 Å². The van der Waals surface area contributed by atoms with E-state index in [1.807, 2.05) is 0 Å². The molecule has 0 radical (unpaired) electrons. The number of amides is 1. The number of esters is 1. The monoisotopic (exact) mass is 385 g/mol. The van der Waals surface area contributed by atoms with E-state index in [4.69, 9.17) is 4.74 Å². The Morgan fingerprint density at radius 2 is 2.12 bits per heavy atom. The van der Waals surface area contributed by atoms with Crippen molar-refractivity contribution in [1.29, 1.82) is 0 Å². The van der Waals surface area contributed by atoms with Gasteiger partial charge in [-0.15, -0.1) is 11.3 Å². The summed E-state index contributed by atoms with van der Waals surface area (Å²) in [7, 11) is -3.10. The first-order valence-corrected chi connectivity index (χ1v) is 10.3. The maximum Gasteiger partial charge on any atom is 0.349 e. The molecule has 2 heterocycles. The quantitative estimate of drug-likeness (QED) is 0.812. The molecular weight excluding hydrogens is 369 g/mol. The van der Waals surface area contributed by atoms with E-state index in [-0.39, 0.29) is 16.4 Å². The third-order valence-corrected chi connectivity index (χ3v) is 6.78. The molecule has 1 aliphatic heterocycles. The van der Waals surface area contributed by atoms with E-state index in [1.54, 1.807) is 6.07 Å². The number of hydrogen-bond acceptors (Lipinski definition) is 6. The summed E-state index contributed by atoms with van der Waals surface area (Å²) in [5, 5.41) is 3.17. The Bertz CT molecular complexity index is 937. The Labute approximate surface area is 147 Å². The Morgan fingerprint density at radius 3 is 2.80 bits per heavy atom. The average Bonchev–Trinajstić information content (AvgIpc) is 3.09. The lowest BCUT2D eigenvalue weighted by Crippen LogP contribution is -2.42. The Hall–Kier alpha value is -2.00. The van der Waals surface area contributed by atoms with E-state index in [2.05, 4.69) is 5.32 Å². The van der Waals surface area contributed by atoms with Crippen LogP contribution >= 0.6 is 11.3 Å². The van der Waals surface area contributed by atoms with Gasteiger partial charge in [-0.2, -0.15) is 0 Å². The van der Waals surface area contributed by atoms with Gasteiger partial charge in [0, 0.05) is 10.7 Å². The number of thiophene rings is 1. The SMILES string of the molecule is C[C@H](OC(=O)c1cc2cc(F)ccc2s1)C(=O)N[C@@H]1CCS(=O)(=O)C1. The number of carbonyl (C=O) groups is 2. The molecule has 3 rings (SSSR count). The molecule has 134 valence electrons. The molecule has 0 spiro atoms. The molecule has 0 saturated carbocycles. The summed E-state index contributed by atoms with van der Waals surface area (Å²) >= 11 is 1.15. The normalized spacial score (nSPS) is 20.3. The molecule has 2 aromatic rings. The van der Waals surface area contributed by atoms with Crippen molar-refractivity contribution in [2.45, 2.75) is 25.5 Å². The summed E-state index contributed by atoms with van der Waals surface area (Å²) in [5.74, 6) is -1.67. The molecule has 9 heteroatoms. The summed E-state index contributed by atoms with van der Waals surface area (Å²) in [6.07, 6.45) is -0.700. The van der Waals surface area contributed by atoms with E-state index in [9.17, 15) is 22.4 Å². The minimum Gasteiger partial charge on any atom is -0.448 e. The van der Waals surface area contributed by atoms with Crippen LogP contribution in [0.4, 0.5) is 4.39 Å². The molecule has 1 saturated heterocycles. The van der Waals surface area contributed by atoms with Crippen molar-refractivity contribution >= 4 is 43.1 Å². The van der Waals surface area contributed by atoms with Crippen LogP contribution in [0.1, 0.15) is 23.0 Å². The van der Waals surface area contributed by atoms with Gasteiger partial charge in [-0.05, 0) is 43.0 Å². The smallest absolute Gasteiger partial charge is 0.349 e. The maximum atomic E-state index is 13.2. The number of nitrogens with one attached hydrogen (secondary N) is 1. The molecule has 1 amide bonds. The lowest BCUT2D eigenvalue weighted by Gasteiger charge is -2.16. The lowest BCUT2D eigenvalue weighted by atomic mass is 10.2. The van der Waals surface area contributed by atoms with Gasteiger partial charge in [-0.25, -0.2) is 17.6 Å². The maximum absolute atomic E-state index is 13.2. The fraction of sp³-hybridized carbons (Fsp3) is 0.375. The number of halogens is 1. The van der Waals surface area contributed by atoms with Crippen LogP contribution in [-0.4, -0.2) is 43.9 Å². The van der Waals surface area contributed by atoms with E-state index in [1.165, 1.54) is 25.1 Å². The molecule has 1 aliphatic rings. The second-order valence-electron chi connectivity index (χ2n) is 5.95. The van der Waals surface area contributed by atoms with Crippen LogP contribution in [-0.2, 0) is 19.4 Å². The summed E-state index contributed by atoms with van der Waals surface area (Å²) in [6, 6.07) is 5.26. The van der Waals surface area contributed by atoms with Crippen LogP contribution in [0, 0.1) is 5.82 Å².